The largest absolute Gasteiger partial charge is 0.456 e. The van der Waals surface area contributed by atoms with Gasteiger partial charge in [-0.2, -0.15) is 0 Å². The Bertz CT molecular complexity index is 283. The molecular weight excluding hydrogens is 200 g/mol. The van der Waals surface area contributed by atoms with Crippen LogP contribution in [0.15, 0.2) is 12.2 Å². The van der Waals surface area contributed by atoms with Crippen LogP contribution < -0.4 is 0 Å². The number of ether oxygens (including phenoxy) is 1. The van der Waals surface area contributed by atoms with Crippen molar-refractivity contribution in [2.24, 2.45) is 5.92 Å². The standard InChI is InChI=1S/C14H22O2/c1-11(2)13(15)16-14-8-3-5-12(7-10-14)6-4-9-14/h12H,1,3-10H2,2H3. The van der Waals surface area contributed by atoms with Gasteiger partial charge in [0.15, 0.2) is 0 Å². The molecule has 2 saturated carbocycles. The summed E-state index contributed by atoms with van der Waals surface area (Å²) >= 11 is 0. The Morgan fingerprint density at radius 2 is 1.81 bits per heavy atom. The molecule has 0 aromatic heterocycles. The molecule has 2 aliphatic carbocycles. The molecule has 0 amide bonds. The van der Waals surface area contributed by atoms with Crippen molar-refractivity contribution in [2.45, 2.75) is 63.9 Å². The summed E-state index contributed by atoms with van der Waals surface area (Å²) in [5, 5.41) is 0. The predicted molar refractivity (Wildman–Crippen MR) is 64.1 cm³/mol. The highest BCUT2D eigenvalue weighted by Crippen LogP contribution is 2.42. The van der Waals surface area contributed by atoms with Crippen LogP contribution in [0.25, 0.3) is 0 Å². The number of rotatable bonds is 2. The molecule has 16 heavy (non-hydrogen) atoms. The summed E-state index contributed by atoms with van der Waals surface area (Å²) in [7, 11) is 0. The summed E-state index contributed by atoms with van der Waals surface area (Å²) in [5.41, 5.74) is 0.376. The SMILES string of the molecule is C=C(C)C(=O)OC12CCCC(CCC1)CC2. The molecular formula is C14H22O2. The second-order valence-corrected chi connectivity index (χ2v) is 5.54. The molecule has 2 nitrogen and oxygen atoms in total. The molecule has 0 saturated heterocycles. The van der Waals surface area contributed by atoms with Crippen molar-refractivity contribution in [3.05, 3.63) is 12.2 Å². The summed E-state index contributed by atoms with van der Waals surface area (Å²) in [6, 6.07) is 0. The Balaban J connectivity index is 2.08. The van der Waals surface area contributed by atoms with E-state index in [1.54, 1.807) is 6.92 Å². The maximum atomic E-state index is 11.7. The fourth-order valence-electron chi connectivity index (χ4n) is 3.14. The summed E-state index contributed by atoms with van der Waals surface area (Å²) < 4.78 is 5.75. The molecule has 0 unspecified atom stereocenters. The third kappa shape index (κ3) is 2.47. The number of hydrogen-bond donors (Lipinski definition) is 0. The number of fused-ring (bicyclic) bond motifs is 3. The van der Waals surface area contributed by atoms with Gasteiger partial charge in [-0.15, -0.1) is 0 Å². The zero-order valence-corrected chi connectivity index (χ0v) is 10.3. The van der Waals surface area contributed by atoms with E-state index >= 15 is 0 Å². The quantitative estimate of drug-likeness (QED) is 0.527. The highest BCUT2D eigenvalue weighted by Gasteiger charge is 2.38. The molecule has 0 radical (unpaired) electrons. The van der Waals surface area contributed by atoms with Crippen LogP contribution in [0.4, 0.5) is 0 Å². The van der Waals surface area contributed by atoms with E-state index in [1.165, 1.54) is 32.1 Å². The first-order chi connectivity index (χ1) is 7.61. The molecule has 0 aliphatic heterocycles. The van der Waals surface area contributed by atoms with Gasteiger partial charge >= 0.3 is 5.97 Å². The zero-order chi connectivity index (χ0) is 11.6. The summed E-state index contributed by atoms with van der Waals surface area (Å²) in [6.45, 7) is 5.40. The topological polar surface area (TPSA) is 26.3 Å². The average Bonchev–Trinajstić information content (AvgIpc) is 2.50. The van der Waals surface area contributed by atoms with Crippen molar-refractivity contribution in [3.63, 3.8) is 0 Å². The monoisotopic (exact) mass is 222 g/mol. The van der Waals surface area contributed by atoms with E-state index in [-0.39, 0.29) is 11.6 Å². The first-order valence-electron chi connectivity index (χ1n) is 6.50. The smallest absolute Gasteiger partial charge is 0.333 e. The van der Waals surface area contributed by atoms with Gasteiger partial charge in [0.1, 0.15) is 5.60 Å². The Kier molecular flexibility index (Phi) is 3.36. The highest BCUT2D eigenvalue weighted by molar-refractivity contribution is 5.87. The van der Waals surface area contributed by atoms with Crippen LogP contribution in [0.3, 0.4) is 0 Å². The lowest BCUT2D eigenvalue weighted by molar-refractivity contribution is -0.157. The molecule has 0 N–H and O–H groups in total. The van der Waals surface area contributed by atoms with Gasteiger partial charge in [0.2, 0.25) is 0 Å². The van der Waals surface area contributed by atoms with Gasteiger partial charge in [0.05, 0.1) is 0 Å². The van der Waals surface area contributed by atoms with Crippen LogP contribution in [-0.4, -0.2) is 11.6 Å². The van der Waals surface area contributed by atoms with Crippen molar-refractivity contribution in [1.29, 1.82) is 0 Å². The number of hydrogen-bond acceptors (Lipinski definition) is 2. The Morgan fingerprint density at radius 1 is 1.19 bits per heavy atom. The molecule has 2 heteroatoms. The van der Waals surface area contributed by atoms with Gasteiger partial charge < -0.3 is 4.74 Å². The van der Waals surface area contributed by atoms with Gasteiger partial charge in [-0.1, -0.05) is 19.4 Å². The lowest BCUT2D eigenvalue weighted by atomic mass is 9.88. The average molecular weight is 222 g/mol. The molecule has 0 heterocycles. The van der Waals surface area contributed by atoms with E-state index in [0.717, 1.165) is 25.2 Å². The van der Waals surface area contributed by atoms with Gasteiger partial charge in [-0.3, -0.25) is 0 Å². The second-order valence-electron chi connectivity index (χ2n) is 5.54. The normalized spacial score (nSPS) is 33.9. The van der Waals surface area contributed by atoms with Gasteiger partial charge in [-0.25, -0.2) is 4.79 Å². The third-order valence-electron chi connectivity index (χ3n) is 4.16. The zero-order valence-electron chi connectivity index (χ0n) is 10.3. The lowest BCUT2D eigenvalue weighted by Gasteiger charge is -2.32. The first-order valence-corrected chi connectivity index (χ1v) is 6.50. The molecule has 90 valence electrons. The summed E-state index contributed by atoms with van der Waals surface area (Å²) in [6.07, 6.45) is 9.51. The highest BCUT2D eigenvalue weighted by atomic mass is 16.6. The minimum atomic E-state index is -0.194. The van der Waals surface area contributed by atoms with E-state index in [9.17, 15) is 4.79 Å². The van der Waals surface area contributed by atoms with Crippen molar-refractivity contribution >= 4 is 5.97 Å². The maximum Gasteiger partial charge on any atom is 0.333 e. The van der Waals surface area contributed by atoms with E-state index in [1.807, 2.05) is 0 Å². The minimum absolute atomic E-state index is 0.152. The van der Waals surface area contributed by atoms with Crippen LogP contribution in [0.2, 0.25) is 0 Å². The molecule has 2 aliphatic rings. The van der Waals surface area contributed by atoms with Gasteiger partial charge in [0.25, 0.3) is 0 Å². The number of carbonyl (C=O) groups excluding carboxylic acids is 1. The van der Waals surface area contributed by atoms with Gasteiger partial charge in [0, 0.05) is 5.57 Å². The first kappa shape index (κ1) is 11.7. The lowest BCUT2D eigenvalue weighted by Crippen LogP contribution is -2.34. The molecule has 2 fully saturated rings. The minimum Gasteiger partial charge on any atom is -0.456 e. The van der Waals surface area contributed by atoms with Crippen molar-refractivity contribution < 1.29 is 9.53 Å². The van der Waals surface area contributed by atoms with E-state index in [2.05, 4.69) is 6.58 Å². The fraction of sp³-hybridized carbons (Fsp3) is 0.786. The number of esters is 1. The predicted octanol–water partition coefficient (Wildman–Crippen LogP) is 3.61. The van der Waals surface area contributed by atoms with Crippen LogP contribution in [0, 0.1) is 5.92 Å². The molecule has 0 spiro atoms. The van der Waals surface area contributed by atoms with E-state index < -0.39 is 0 Å². The third-order valence-corrected chi connectivity index (χ3v) is 4.16. The van der Waals surface area contributed by atoms with E-state index in [4.69, 9.17) is 4.74 Å². The molecule has 0 aromatic carbocycles. The molecule has 0 aromatic rings. The van der Waals surface area contributed by atoms with Crippen molar-refractivity contribution in [3.8, 4) is 0 Å². The van der Waals surface area contributed by atoms with Crippen LogP contribution >= 0.6 is 0 Å². The maximum absolute atomic E-state index is 11.7. The second kappa shape index (κ2) is 4.60. The van der Waals surface area contributed by atoms with Crippen molar-refractivity contribution in [2.75, 3.05) is 0 Å². The summed E-state index contributed by atoms with van der Waals surface area (Å²) in [5.74, 6) is 0.688. The van der Waals surface area contributed by atoms with Crippen molar-refractivity contribution in [1.82, 2.24) is 0 Å². The van der Waals surface area contributed by atoms with Crippen LogP contribution in [0.1, 0.15) is 58.3 Å². The summed E-state index contributed by atoms with van der Waals surface area (Å²) in [4.78, 5) is 11.7. The van der Waals surface area contributed by atoms with E-state index in [0.29, 0.717) is 5.57 Å². The van der Waals surface area contributed by atoms with Crippen LogP contribution in [0.5, 0.6) is 0 Å². The fourth-order valence-corrected chi connectivity index (χ4v) is 3.14. The Hall–Kier alpha value is -0.790. The van der Waals surface area contributed by atoms with Crippen LogP contribution in [-0.2, 0) is 9.53 Å². The molecule has 2 bridgehead atoms. The van der Waals surface area contributed by atoms with Gasteiger partial charge in [-0.05, 0) is 51.4 Å². The Morgan fingerprint density at radius 3 is 2.38 bits per heavy atom. The molecule has 0 atom stereocenters. The number of carbonyl (C=O) groups is 1. The molecule has 2 rings (SSSR count). The Labute approximate surface area is 98.1 Å².